The molecule has 1 aliphatic carbocycles. The van der Waals surface area contributed by atoms with Crippen molar-refractivity contribution in [2.24, 2.45) is 5.92 Å². The van der Waals surface area contributed by atoms with Gasteiger partial charge in [-0.1, -0.05) is 12.5 Å². The van der Waals surface area contributed by atoms with Crippen LogP contribution < -0.4 is 0 Å². The van der Waals surface area contributed by atoms with Gasteiger partial charge in [0.1, 0.15) is 5.78 Å². The number of hydrogen-bond donors (Lipinski definition) is 0. The van der Waals surface area contributed by atoms with Crippen molar-refractivity contribution in [3.05, 3.63) is 11.6 Å². The topological polar surface area (TPSA) is 34.1 Å². The monoisotopic (exact) mass is 194 g/mol. The standard InChI is InChI=1S/C12H18O2/c1-3-12(14)11-6-4-10(5-7-11)8-9(2)13/h8,11H,3-7H2,1-2H3. The van der Waals surface area contributed by atoms with E-state index in [0.717, 1.165) is 25.7 Å². The fraction of sp³-hybridized carbons (Fsp3) is 0.667. The Morgan fingerprint density at radius 2 is 1.93 bits per heavy atom. The van der Waals surface area contributed by atoms with E-state index in [1.165, 1.54) is 5.57 Å². The molecule has 0 aromatic rings. The van der Waals surface area contributed by atoms with Gasteiger partial charge in [0.05, 0.1) is 0 Å². The first kappa shape index (κ1) is 11.2. The van der Waals surface area contributed by atoms with Crippen LogP contribution in [0.2, 0.25) is 0 Å². The molecular weight excluding hydrogens is 176 g/mol. The van der Waals surface area contributed by atoms with Gasteiger partial charge in [-0.2, -0.15) is 0 Å². The Morgan fingerprint density at radius 3 is 2.36 bits per heavy atom. The third-order valence-electron chi connectivity index (χ3n) is 2.84. The van der Waals surface area contributed by atoms with Crippen LogP contribution in [0.3, 0.4) is 0 Å². The van der Waals surface area contributed by atoms with Crippen LogP contribution in [0.25, 0.3) is 0 Å². The molecular formula is C12H18O2. The lowest BCUT2D eigenvalue weighted by molar-refractivity contribution is -0.123. The second-order valence-electron chi connectivity index (χ2n) is 4.01. The number of Topliss-reactive ketones (excluding diaryl/α,β-unsaturated/α-hetero) is 1. The van der Waals surface area contributed by atoms with E-state index in [4.69, 9.17) is 0 Å². The first-order valence-electron chi connectivity index (χ1n) is 5.36. The third kappa shape index (κ3) is 3.09. The van der Waals surface area contributed by atoms with Crippen LogP contribution in [-0.2, 0) is 9.59 Å². The molecule has 0 bridgehead atoms. The van der Waals surface area contributed by atoms with Gasteiger partial charge in [0.2, 0.25) is 0 Å². The van der Waals surface area contributed by atoms with Crippen molar-refractivity contribution in [2.75, 3.05) is 0 Å². The number of ketones is 2. The zero-order valence-electron chi connectivity index (χ0n) is 9.01. The molecule has 0 N–H and O–H groups in total. The fourth-order valence-corrected chi connectivity index (χ4v) is 2.03. The Kier molecular flexibility index (Phi) is 4.05. The van der Waals surface area contributed by atoms with Crippen molar-refractivity contribution < 1.29 is 9.59 Å². The third-order valence-corrected chi connectivity index (χ3v) is 2.84. The highest BCUT2D eigenvalue weighted by Crippen LogP contribution is 2.29. The van der Waals surface area contributed by atoms with E-state index in [9.17, 15) is 9.59 Å². The van der Waals surface area contributed by atoms with Crippen LogP contribution in [0.4, 0.5) is 0 Å². The van der Waals surface area contributed by atoms with Gasteiger partial charge in [-0.3, -0.25) is 9.59 Å². The van der Waals surface area contributed by atoms with Gasteiger partial charge < -0.3 is 0 Å². The zero-order chi connectivity index (χ0) is 10.6. The highest BCUT2D eigenvalue weighted by molar-refractivity contribution is 5.88. The molecule has 1 aliphatic rings. The molecule has 1 saturated carbocycles. The SMILES string of the molecule is CCC(=O)C1CCC(=CC(C)=O)CC1. The molecule has 1 fully saturated rings. The summed E-state index contributed by atoms with van der Waals surface area (Å²) in [5.41, 5.74) is 1.22. The predicted molar refractivity (Wildman–Crippen MR) is 56.0 cm³/mol. The Balaban J connectivity index is 2.46. The lowest BCUT2D eigenvalue weighted by Gasteiger charge is -2.22. The number of carbonyl (C=O) groups is 2. The Labute approximate surface area is 85.4 Å². The van der Waals surface area contributed by atoms with Gasteiger partial charge in [-0.25, -0.2) is 0 Å². The van der Waals surface area contributed by atoms with Crippen molar-refractivity contribution in [2.45, 2.75) is 46.0 Å². The molecule has 14 heavy (non-hydrogen) atoms. The fourth-order valence-electron chi connectivity index (χ4n) is 2.03. The van der Waals surface area contributed by atoms with Crippen molar-refractivity contribution in [3.63, 3.8) is 0 Å². The summed E-state index contributed by atoms with van der Waals surface area (Å²) < 4.78 is 0. The second-order valence-corrected chi connectivity index (χ2v) is 4.01. The molecule has 0 aromatic heterocycles. The number of allylic oxidation sites excluding steroid dienone is 2. The van der Waals surface area contributed by atoms with E-state index in [-0.39, 0.29) is 11.7 Å². The minimum Gasteiger partial charge on any atom is -0.299 e. The molecule has 0 radical (unpaired) electrons. The number of carbonyl (C=O) groups excluding carboxylic acids is 2. The van der Waals surface area contributed by atoms with Gasteiger partial charge in [-0.05, 0) is 38.7 Å². The molecule has 78 valence electrons. The van der Waals surface area contributed by atoms with Gasteiger partial charge >= 0.3 is 0 Å². The van der Waals surface area contributed by atoms with Crippen LogP contribution in [0, 0.1) is 5.92 Å². The molecule has 0 unspecified atom stereocenters. The Bertz CT molecular complexity index is 253. The van der Waals surface area contributed by atoms with E-state index in [0.29, 0.717) is 12.2 Å². The highest BCUT2D eigenvalue weighted by Gasteiger charge is 2.21. The summed E-state index contributed by atoms with van der Waals surface area (Å²) in [6.07, 6.45) is 6.10. The van der Waals surface area contributed by atoms with Crippen LogP contribution in [0.15, 0.2) is 11.6 Å². The van der Waals surface area contributed by atoms with Gasteiger partial charge in [0.25, 0.3) is 0 Å². The first-order chi connectivity index (χ1) is 6.63. The van der Waals surface area contributed by atoms with Crippen LogP contribution in [0.5, 0.6) is 0 Å². The maximum absolute atomic E-state index is 11.4. The average Bonchev–Trinajstić information content (AvgIpc) is 2.17. The molecule has 2 nitrogen and oxygen atoms in total. The summed E-state index contributed by atoms with van der Waals surface area (Å²) in [5.74, 6) is 0.760. The van der Waals surface area contributed by atoms with Crippen LogP contribution in [0.1, 0.15) is 46.0 Å². The van der Waals surface area contributed by atoms with Crippen LogP contribution >= 0.6 is 0 Å². The molecule has 2 heteroatoms. The lowest BCUT2D eigenvalue weighted by atomic mass is 9.82. The maximum Gasteiger partial charge on any atom is 0.152 e. The largest absolute Gasteiger partial charge is 0.299 e. The summed E-state index contributed by atoms with van der Waals surface area (Å²) in [5, 5.41) is 0. The predicted octanol–water partition coefficient (Wildman–Crippen LogP) is 2.67. The molecule has 0 heterocycles. The first-order valence-corrected chi connectivity index (χ1v) is 5.36. The van der Waals surface area contributed by atoms with E-state index in [1.807, 2.05) is 6.92 Å². The smallest absolute Gasteiger partial charge is 0.152 e. The summed E-state index contributed by atoms with van der Waals surface area (Å²) in [6, 6.07) is 0. The van der Waals surface area contributed by atoms with Gasteiger partial charge in [0, 0.05) is 12.3 Å². The summed E-state index contributed by atoms with van der Waals surface area (Å²) in [7, 11) is 0. The number of rotatable bonds is 3. The lowest BCUT2D eigenvalue weighted by Crippen LogP contribution is -2.17. The highest BCUT2D eigenvalue weighted by atomic mass is 16.1. The zero-order valence-corrected chi connectivity index (χ0v) is 9.01. The van der Waals surface area contributed by atoms with Crippen LogP contribution in [-0.4, -0.2) is 11.6 Å². The minimum absolute atomic E-state index is 0.125. The van der Waals surface area contributed by atoms with Crippen molar-refractivity contribution >= 4 is 11.6 Å². The van der Waals surface area contributed by atoms with E-state index < -0.39 is 0 Å². The van der Waals surface area contributed by atoms with Gasteiger partial charge in [-0.15, -0.1) is 0 Å². The summed E-state index contributed by atoms with van der Waals surface area (Å²) in [4.78, 5) is 22.2. The Morgan fingerprint density at radius 1 is 1.36 bits per heavy atom. The molecule has 1 rings (SSSR count). The normalized spacial score (nSPS) is 21.9. The van der Waals surface area contributed by atoms with Crippen molar-refractivity contribution in [1.29, 1.82) is 0 Å². The molecule has 0 atom stereocenters. The van der Waals surface area contributed by atoms with E-state index in [2.05, 4.69) is 0 Å². The molecule has 0 amide bonds. The maximum atomic E-state index is 11.4. The molecule has 0 aromatic carbocycles. The quantitative estimate of drug-likeness (QED) is 0.647. The summed E-state index contributed by atoms with van der Waals surface area (Å²) >= 11 is 0. The van der Waals surface area contributed by atoms with Crippen molar-refractivity contribution in [3.8, 4) is 0 Å². The number of hydrogen-bond acceptors (Lipinski definition) is 2. The second kappa shape index (κ2) is 5.08. The van der Waals surface area contributed by atoms with Crippen molar-refractivity contribution in [1.82, 2.24) is 0 Å². The Hall–Kier alpha value is -0.920. The minimum atomic E-state index is 0.125. The van der Waals surface area contributed by atoms with E-state index in [1.54, 1.807) is 13.0 Å². The van der Waals surface area contributed by atoms with Gasteiger partial charge in [0.15, 0.2) is 5.78 Å². The molecule has 0 saturated heterocycles. The molecule has 0 spiro atoms. The average molecular weight is 194 g/mol. The van der Waals surface area contributed by atoms with E-state index >= 15 is 0 Å². The molecule has 0 aliphatic heterocycles. The summed E-state index contributed by atoms with van der Waals surface area (Å²) in [6.45, 7) is 3.50.